The summed E-state index contributed by atoms with van der Waals surface area (Å²) in [6.45, 7) is 2.70. The number of benzene rings is 1. The highest BCUT2D eigenvalue weighted by Crippen LogP contribution is 2.31. The van der Waals surface area contributed by atoms with Crippen molar-refractivity contribution in [2.75, 3.05) is 19.6 Å². The molecular formula is C13H15ClN2O2. The fourth-order valence-corrected chi connectivity index (χ4v) is 2.41. The molecule has 1 unspecified atom stereocenters. The second kappa shape index (κ2) is 4.78. The van der Waals surface area contributed by atoms with Crippen LogP contribution in [0.2, 0.25) is 5.02 Å². The highest BCUT2D eigenvalue weighted by Gasteiger charge is 2.29. The van der Waals surface area contributed by atoms with Gasteiger partial charge in [0.05, 0.1) is 0 Å². The normalized spacial score (nSPS) is 21.9. The van der Waals surface area contributed by atoms with Crippen LogP contribution in [0.4, 0.5) is 0 Å². The quantitative estimate of drug-likeness (QED) is 0.858. The van der Waals surface area contributed by atoms with Gasteiger partial charge in [-0.25, -0.2) is 0 Å². The van der Waals surface area contributed by atoms with Crippen LogP contribution < -0.4 is 15.4 Å². The first-order chi connectivity index (χ1) is 8.72. The minimum absolute atomic E-state index is 0.0331. The van der Waals surface area contributed by atoms with Crippen molar-refractivity contribution in [3.8, 4) is 5.75 Å². The van der Waals surface area contributed by atoms with Gasteiger partial charge in [-0.2, -0.15) is 0 Å². The second-order valence-corrected chi connectivity index (χ2v) is 5.27. The van der Waals surface area contributed by atoms with E-state index >= 15 is 0 Å². The molecule has 2 aliphatic heterocycles. The number of hydrogen-bond acceptors (Lipinski definition) is 3. The number of fused-ring (bicyclic) bond motifs is 1. The van der Waals surface area contributed by atoms with E-state index in [-0.39, 0.29) is 5.91 Å². The molecule has 2 aliphatic rings. The van der Waals surface area contributed by atoms with Gasteiger partial charge in [0.1, 0.15) is 5.75 Å². The van der Waals surface area contributed by atoms with Crippen LogP contribution in [0.15, 0.2) is 18.2 Å². The Labute approximate surface area is 111 Å². The summed E-state index contributed by atoms with van der Waals surface area (Å²) >= 11 is 5.92. The molecule has 4 nitrogen and oxygen atoms in total. The predicted octanol–water partition coefficient (Wildman–Crippen LogP) is 0.979. The Morgan fingerprint density at radius 3 is 3.06 bits per heavy atom. The van der Waals surface area contributed by atoms with E-state index in [4.69, 9.17) is 16.3 Å². The summed E-state index contributed by atoms with van der Waals surface area (Å²) in [4.78, 5) is 12.0. The van der Waals surface area contributed by atoms with Gasteiger partial charge in [-0.3, -0.25) is 4.79 Å². The van der Waals surface area contributed by atoms with Gasteiger partial charge in [0.25, 0.3) is 5.91 Å². The van der Waals surface area contributed by atoms with Crippen molar-refractivity contribution >= 4 is 17.5 Å². The van der Waals surface area contributed by atoms with Crippen LogP contribution in [0, 0.1) is 5.92 Å². The van der Waals surface area contributed by atoms with Crippen LogP contribution in [0.25, 0.3) is 0 Å². The molecule has 2 N–H and O–H groups in total. The Morgan fingerprint density at radius 1 is 1.50 bits per heavy atom. The lowest BCUT2D eigenvalue weighted by Gasteiger charge is -2.27. The lowest BCUT2D eigenvalue weighted by molar-refractivity contribution is -0.127. The first-order valence-electron chi connectivity index (χ1n) is 6.16. The van der Waals surface area contributed by atoms with Crippen LogP contribution >= 0.6 is 11.6 Å². The van der Waals surface area contributed by atoms with Crippen LogP contribution in [-0.4, -0.2) is 31.6 Å². The molecular weight excluding hydrogens is 252 g/mol. The number of nitrogens with one attached hydrogen (secondary N) is 2. The van der Waals surface area contributed by atoms with E-state index in [9.17, 15) is 4.79 Å². The molecule has 5 heteroatoms. The third-order valence-corrected chi connectivity index (χ3v) is 3.66. The van der Waals surface area contributed by atoms with Gasteiger partial charge >= 0.3 is 0 Å². The zero-order valence-electron chi connectivity index (χ0n) is 9.91. The van der Waals surface area contributed by atoms with Crippen LogP contribution in [0.5, 0.6) is 5.75 Å². The molecule has 2 heterocycles. The maximum atomic E-state index is 12.0. The van der Waals surface area contributed by atoms with E-state index in [1.807, 2.05) is 12.1 Å². The van der Waals surface area contributed by atoms with Crippen molar-refractivity contribution in [2.45, 2.75) is 12.5 Å². The number of hydrogen-bond donors (Lipinski definition) is 2. The van der Waals surface area contributed by atoms with E-state index in [2.05, 4.69) is 10.6 Å². The molecule has 18 heavy (non-hydrogen) atoms. The Kier molecular flexibility index (Phi) is 3.14. The van der Waals surface area contributed by atoms with Crippen molar-refractivity contribution in [1.29, 1.82) is 0 Å². The summed E-state index contributed by atoms with van der Waals surface area (Å²) < 4.78 is 5.62. The Balaban J connectivity index is 1.57. The molecule has 1 aromatic rings. The molecule has 1 fully saturated rings. The topological polar surface area (TPSA) is 50.4 Å². The molecule has 1 aromatic carbocycles. The molecule has 1 amide bonds. The fraction of sp³-hybridized carbons (Fsp3) is 0.462. The molecule has 0 saturated carbocycles. The summed E-state index contributed by atoms with van der Waals surface area (Å²) in [5, 5.41) is 6.80. The minimum atomic E-state index is -0.411. The molecule has 0 radical (unpaired) electrons. The second-order valence-electron chi connectivity index (χ2n) is 4.83. The Bertz CT molecular complexity index is 474. The number of ether oxygens (including phenoxy) is 1. The van der Waals surface area contributed by atoms with E-state index in [1.54, 1.807) is 6.07 Å². The van der Waals surface area contributed by atoms with Gasteiger partial charge in [0.2, 0.25) is 0 Å². The highest BCUT2D eigenvalue weighted by atomic mass is 35.5. The van der Waals surface area contributed by atoms with Crippen molar-refractivity contribution in [2.24, 2.45) is 5.92 Å². The highest BCUT2D eigenvalue weighted by molar-refractivity contribution is 6.30. The number of amides is 1. The molecule has 1 atom stereocenters. The summed E-state index contributed by atoms with van der Waals surface area (Å²) in [7, 11) is 0. The summed E-state index contributed by atoms with van der Waals surface area (Å²) in [5.41, 5.74) is 1.01. The third-order valence-electron chi connectivity index (χ3n) is 3.42. The van der Waals surface area contributed by atoms with Crippen LogP contribution in [0.3, 0.4) is 0 Å². The number of halogens is 1. The monoisotopic (exact) mass is 266 g/mol. The van der Waals surface area contributed by atoms with E-state index < -0.39 is 6.10 Å². The van der Waals surface area contributed by atoms with Gasteiger partial charge in [-0.15, -0.1) is 0 Å². The lowest BCUT2D eigenvalue weighted by atomic mass is 10.0. The fourth-order valence-electron chi connectivity index (χ4n) is 2.21. The maximum absolute atomic E-state index is 12.0. The molecule has 0 aromatic heterocycles. The zero-order valence-corrected chi connectivity index (χ0v) is 10.7. The maximum Gasteiger partial charge on any atom is 0.261 e. The number of rotatable bonds is 3. The van der Waals surface area contributed by atoms with Crippen molar-refractivity contribution in [3.05, 3.63) is 28.8 Å². The average Bonchev–Trinajstić information content (AvgIpc) is 2.69. The van der Waals surface area contributed by atoms with Crippen LogP contribution in [-0.2, 0) is 11.2 Å². The Hall–Kier alpha value is -1.26. The summed E-state index contributed by atoms with van der Waals surface area (Å²) in [6, 6.07) is 5.46. The lowest BCUT2D eigenvalue weighted by Crippen LogP contribution is -2.50. The zero-order chi connectivity index (χ0) is 12.5. The Morgan fingerprint density at radius 2 is 2.33 bits per heavy atom. The molecule has 3 rings (SSSR count). The summed E-state index contributed by atoms with van der Waals surface area (Å²) in [5.74, 6) is 1.30. The van der Waals surface area contributed by atoms with E-state index in [0.717, 1.165) is 30.9 Å². The molecule has 0 aliphatic carbocycles. The number of carbonyl (C=O) groups is 1. The SMILES string of the molecule is O=C(NCC1CNC1)C1Cc2cc(Cl)ccc2O1. The van der Waals surface area contributed by atoms with Gasteiger partial charge in [0, 0.05) is 37.0 Å². The van der Waals surface area contributed by atoms with Crippen molar-refractivity contribution in [1.82, 2.24) is 10.6 Å². The first-order valence-corrected chi connectivity index (χ1v) is 6.53. The largest absolute Gasteiger partial charge is 0.480 e. The van der Waals surface area contributed by atoms with E-state index in [1.165, 1.54) is 0 Å². The first kappa shape index (κ1) is 11.8. The smallest absolute Gasteiger partial charge is 0.261 e. The average molecular weight is 267 g/mol. The van der Waals surface area contributed by atoms with Gasteiger partial charge in [-0.1, -0.05) is 11.6 Å². The summed E-state index contributed by atoms with van der Waals surface area (Å²) in [6.07, 6.45) is 0.191. The van der Waals surface area contributed by atoms with Gasteiger partial charge in [0.15, 0.2) is 6.10 Å². The van der Waals surface area contributed by atoms with Crippen molar-refractivity contribution in [3.63, 3.8) is 0 Å². The molecule has 96 valence electrons. The van der Waals surface area contributed by atoms with Gasteiger partial charge in [-0.05, 0) is 23.8 Å². The molecule has 0 spiro atoms. The van der Waals surface area contributed by atoms with E-state index in [0.29, 0.717) is 17.4 Å². The van der Waals surface area contributed by atoms with Crippen LogP contribution in [0.1, 0.15) is 5.56 Å². The van der Waals surface area contributed by atoms with Gasteiger partial charge < -0.3 is 15.4 Å². The van der Waals surface area contributed by atoms with Crippen molar-refractivity contribution < 1.29 is 9.53 Å². The standard InChI is InChI=1S/C13H15ClN2O2/c14-10-1-2-11-9(3-10)4-12(18-11)13(17)16-7-8-5-15-6-8/h1-3,8,12,15H,4-7H2,(H,16,17). The predicted molar refractivity (Wildman–Crippen MR) is 68.9 cm³/mol. The molecule has 1 saturated heterocycles. The minimum Gasteiger partial charge on any atom is -0.480 e. The third kappa shape index (κ3) is 2.31. The number of carbonyl (C=O) groups excluding carboxylic acids is 1. The molecule has 0 bridgehead atoms.